The van der Waals surface area contributed by atoms with Crippen LogP contribution in [0.2, 0.25) is 0 Å². The summed E-state index contributed by atoms with van der Waals surface area (Å²) in [6.45, 7) is 4.76. The van der Waals surface area contributed by atoms with Crippen LogP contribution in [0.3, 0.4) is 0 Å². The molecule has 0 spiro atoms. The maximum absolute atomic E-state index is 10.6. The summed E-state index contributed by atoms with van der Waals surface area (Å²) in [5.41, 5.74) is 2.77. The molecule has 0 saturated heterocycles. The molecule has 160 valence electrons. The number of thiazole rings is 1. The van der Waals surface area contributed by atoms with Crippen LogP contribution in [0, 0.1) is 5.92 Å². The van der Waals surface area contributed by atoms with Crippen molar-refractivity contribution in [1.29, 1.82) is 0 Å². The van der Waals surface area contributed by atoms with Crippen molar-refractivity contribution < 1.29 is 27.8 Å². The number of carbonyl (C=O) groups is 1. The first-order chi connectivity index (χ1) is 13.8. The number of hydrogen-bond acceptors (Lipinski definition) is 6. The highest BCUT2D eigenvalue weighted by Gasteiger charge is 2.38. The molecule has 0 amide bonds. The first-order valence-corrected chi connectivity index (χ1v) is 10.1. The number of alkyl halides is 3. The van der Waals surface area contributed by atoms with Crippen molar-refractivity contribution in [1.82, 2.24) is 19.7 Å². The molecule has 11 heteroatoms. The van der Waals surface area contributed by atoms with Gasteiger partial charge >= 0.3 is 12.1 Å². The molecule has 1 saturated carbocycles. The van der Waals surface area contributed by atoms with Crippen LogP contribution in [0.15, 0.2) is 17.8 Å². The fourth-order valence-electron chi connectivity index (χ4n) is 3.31. The molecule has 1 atom stereocenters. The molecular formula is C18H23F3N4O3S. The van der Waals surface area contributed by atoms with E-state index in [-0.39, 0.29) is 0 Å². The van der Waals surface area contributed by atoms with Crippen molar-refractivity contribution in [3.8, 4) is 0 Å². The van der Waals surface area contributed by atoms with E-state index >= 15 is 0 Å². The predicted molar refractivity (Wildman–Crippen MR) is 99.5 cm³/mol. The van der Waals surface area contributed by atoms with Gasteiger partial charge in [0.25, 0.3) is 0 Å². The Hall–Kier alpha value is -1.98. The Bertz CT molecular complexity index is 806. The monoisotopic (exact) mass is 432 g/mol. The lowest BCUT2D eigenvalue weighted by molar-refractivity contribution is -0.192. The van der Waals surface area contributed by atoms with Crippen molar-refractivity contribution in [3.05, 3.63) is 34.0 Å². The second-order valence-corrected chi connectivity index (χ2v) is 8.20. The Morgan fingerprint density at radius 3 is 2.69 bits per heavy atom. The molecule has 3 heterocycles. The molecule has 2 aliphatic rings. The molecule has 7 nitrogen and oxygen atoms in total. The van der Waals surface area contributed by atoms with Crippen LogP contribution in [-0.2, 0) is 29.2 Å². The number of fused-ring (bicyclic) bond motifs is 1. The lowest BCUT2D eigenvalue weighted by Crippen LogP contribution is -2.35. The van der Waals surface area contributed by atoms with Gasteiger partial charge in [0.1, 0.15) is 5.01 Å². The van der Waals surface area contributed by atoms with E-state index in [1.54, 1.807) is 18.4 Å². The smallest absolute Gasteiger partial charge is 0.475 e. The number of halogens is 3. The summed E-state index contributed by atoms with van der Waals surface area (Å²) in [5.74, 6) is -1.49. The van der Waals surface area contributed by atoms with E-state index in [9.17, 15) is 13.2 Å². The first-order valence-electron chi connectivity index (χ1n) is 9.22. The number of rotatable bonds is 6. The third-order valence-electron chi connectivity index (χ3n) is 4.85. The number of aliphatic carboxylic acids is 1. The number of carboxylic acid groups (broad SMARTS) is 1. The summed E-state index contributed by atoms with van der Waals surface area (Å²) in [7, 11) is 1.79. The zero-order valence-corrected chi connectivity index (χ0v) is 16.7. The fourth-order valence-corrected chi connectivity index (χ4v) is 3.97. The summed E-state index contributed by atoms with van der Waals surface area (Å²) in [4.78, 5) is 15.8. The standard InChI is InChI=1S/C16H22N4OS.C2HF3O2/c1-21-11-13-8-19(10-16-17-4-5-22-16)9-15-14(13)6-18-20(15)7-12-2-3-12;3-2(4,5)1(6)7/h4-6,12-13H,2-3,7-11H2,1H3;(H,6,7). The van der Waals surface area contributed by atoms with Gasteiger partial charge in [-0.15, -0.1) is 11.3 Å². The van der Waals surface area contributed by atoms with Crippen molar-refractivity contribution >= 4 is 17.3 Å². The van der Waals surface area contributed by atoms with E-state index < -0.39 is 12.1 Å². The van der Waals surface area contributed by atoms with Gasteiger partial charge < -0.3 is 9.84 Å². The van der Waals surface area contributed by atoms with E-state index in [4.69, 9.17) is 14.6 Å². The van der Waals surface area contributed by atoms with Crippen LogP contribution in [0.4, 0.5) is 13.2 Å². The number of hydrogen-bond donors (Lipinski definition) is 1. The van der Waals surface area contributed by atoms with Gasteiger partial charge in [-0.3, -0.25) is 9.58 Å². The largest absolute Gasteiger partial charge is 0.490 e. The summed E-state index contributed by atoms with van der Waals surface area (Å²) in [6, 6.07) is 0. The molecule has 2 aromatic rings. The van der Waals surface area contributed by atoms with Gasteiger partial charge in [0.15, 0.2) is 0 Å². The van der Waals surface area contributed by atoms with Gasteiger partial charge in [0.05, 0.1) is 25.0 Å². The van der Waals surface area contributed by atoms with Gasteiger partial charge in [-0.1, -0.05) is 0 Å². The van der Waals surface area contributed by atoms with Crippen molar-refractivity contribution in [2.24, 2.45) is 5.92 Å². The highest BCUT2D eigenvalue weighted by atomic mass is 32.1. The van der Waals surface area contributed by atoms with Gasteiger partial charge in [-0.25, -0.2) is 9.78 Å². The lowest BCUT2D eigenvalue weighted by Gasteiger charge is -2.32. The molecule has 0 radical (unpaired) electrons. The topological polar surface area (TPSA) is 80.5 Å². The minimum Gasteiger partial charge on any atom is -0.475 e. The molecule has 4 rings (SSSR count). The number of ether oxygens (including phenoxy) is 1. The van der Waals surface area contributed by atoms with E-state index in [1.807, 2.05) is 6.20 Å². The van der Waals surface area contributed by atoms with E-state index in [0.29, 0.717) is 5.92 Å². The predicted octanol–water partition coefficient (Wildman–Crippen LogP) is 3.13. The molecule has 2 aromatic heterocycles. The maximum Gasteiger partial charge on any atom is 0.490 e. The lowest BCUT2D eigenvalue weighted by atomic mass is 9.95. The van der Waals surface area contributed by atoms with E-state index in [2.05, 4.69) is 31.2 Å². The summed E-state index contributed by atoms with van der Waals surface area (Å²) in [5, 5.41) is 15.0. The Morgan fingerprint density at radius 1 is 1.41 bits per heavy atom. The Kier molecular flexibility index (Phi) is 6.91. The van der Waals surface area contributed by atoms with Gasteiger partial charge in [-0.05, 0) is 18.8 Å². The minimum absolute atomic E-state index is 0.418. The second kappa shape index (κ2) is 9.23. The van der Waals surface area contributed by atoms with Crippen LogP contribution in [0.25, 0.3) is 0 Å². The third kappa shape index (κ3) is 6.00. The Labute approximate surface area is 170 Å². The van der Waals surface area contributed by atoms with Gasteiger partial charge in [-0.2, -0.15) is 18.3 Å². The normalized spacial score (nSPS) is 19.4. The third-order valence-corrected chi connectivity index (χ3v) is 5.62. The molecule has 1 unspecified atom stereocenters. The summed E-state index contributed by atoms with van der Waals surface area (Å²) < 4.78 is 39.4. The number of methoxy groups -OCH3 is 1. The Balaban J connectivity index is 0.000000298. The fraction of sp³-hybridized carbons (Fsp3) is 0.611. The van der Waals surface area contributed by atoms with Crippen molar-refractivity contribution in [3.63, 3.8) is 0 Å². The van der Waals surface area contributed by atoms with Crippen molar-refractivity contribution in [2.75, 3.05) is 20.3 Å². The van der Waals surface area contributed by atoms with Crippen LogP contribution in [0.5, 0.6) is 0 Å². The first kappa shape index (κ1) is 21.7. The molecule has 1 aliphatic carbocycles. The number of carboxylic acids is 1. The molecule has 0 aromatic carbocycles. The Morgan fingerprint density at radius 2 is 2.14 bits per heavy atom. The number of nitrogens with zero attached hydrogens (tertiary/aromatic N) is 4. The van der Waals surface area contributed by atoms with Crippen LogP contribution >= 0.6 is 11.3 Å². The SMILES string of the molecule is COCC1CN(Cc2nccs2)Cc2c1cnn2CC1CC1.O=C(O)C(F)(F)F. The molecule has 0 bridgehead atoms. The quantitative estimate of drug-likeness (QED) is 0.756. The zero-order valence-electron chi connectivity index (χ0n) is 15.9. The van der Waals surface area contributed by atoms with E-state index in [0.717, 1.165) is 38.7 Å². The average molecular weight is 432 g/mol. The van der Waals surface area contributed by atoms with Crippen LogP contribution < -0.4 is 0 Å². The molecular weight excluding hydrogens is 409 g/mol. The molecule has 29 heavy (non-hydrogen) atoms. The van der Waals surface area contributed by atoms with Gasteiger partial charge in [0.2, 0.25) is 0 Å². The van der Waals surface area contributed by atoms with Gasteiger partial charge in [0, 0.05) is 49.8 Å². The molecule has 1 aliphatic heterocycles. The van der Waals surface area contributed by atoms with E-state index in [1.165, 1.54) is 29.1 Å². The summed E-state index contributed by atoms with van der Waals surface area (Å²) >= 11 is 1.73. The summed E-state index contributed by atoms with van der Waals surface area (Å²) in [6.07, 6.45) is 1.60. The number of aromatic nitrogens is 3. The maximum atomic E-state index is 10.6. The second-order valence-electron chi connectivity index (χ2n) is 7.22. The van der Waals surface area contributed by atoms with Crippen LogP contribution in [0.1, 0.15) is 35.0 Å². The highest BCUT2D eigenvalue weighted by molar-refractivity contribution is 7.09. The highest BCUT2D eigenvalue weighted by Crippen LogP contribution is 2.34. The minimum atomic E-state index is -5.08. The van der Waals surface area contributed by atoms with Crippen LogP contribution in [-0.4, -0.2) is 57.2 Å². The van der Waals surface area contributed by atoms with Crippen molar-refractivity contribution in [2.45, 2.75) is 44.6 Å². The average Bonchev–Trinajstić information content (AvgIpc) is 3.14. The zero-order chi connectivity index (χ0) is 21.0. The molecule has 1 N–H and O–H groups in total. The molecule has 1 fully saturated rings.